The van der Waals surface area contributed by atoms with Gasteiger partial charge in [-0.3, -0.25) is 9.69 Å². The van der Waals surface area contributed by atoms with Crippen LogP contribution in [-0.2, 0) is 4.79 Å². The van der Waals surface area contributed by atoms with E-state index in [1.165, 1.54) is 0 Å². The molecule has 1 saturated heterocycles. The highest BCUT2D eigenvalue weighted by atomic mass is 79.9. The van der Waals surface area contributed by atoms with Gasteiger partial charge < -0.3 is 19.3 Å². The molecule has 1 N–H and O–H groups in total. The first-order valence-corrected chi connectivity index (χ1v) is 10.3. The van der Waals surface area contributed by atoms with E-state index < -0.39 is 5.97 Å². The number of ether oxygens (including phenoxy) is 3. The summed E-state index contributed by atoms with van der Waals surface area (Å²) in [6.07, 6.45) is 1.26. The molecule has 0 aromatic heterocycles. The minimum Gasteiger partial charge on any atom is -0.493 e. The quantitative estimate of drug-likeness (QED) is 0.657. The predicted octanol–water partition coefficient (Wildman–Crippen LogP) is 4.36. The molecular weight excluding hydrogens is 438 g/mol. The molecule has 0 aliphatic carbocycles. The smallest absolute Gasteiger partial charge is 0.306 e. The van der Waals surface area contributed by atoms with E-state index in [-0.39, 0.29) is 12.0 Å². The molecule has 7 heteroatoms. The maximum atomic E-state index is 11.4. The number of hydrogen-bond donors (Lipinski definition) is 1. The molecule has 0 bridgehead atoms. The van der Waals surface area contributed by atoms with Gasteiger partial charge in [-0.1, -0.05) is 28.1 Å². The molecule has 0 amide bonds. The summed E-state index contributed by atoms with van der Waals surface area (Å²) in [5, 5.41) is 9.36. The molecule has 1 unspecified atom stereocenters. The van der Waals surface area contributed by atoms with E-state index in [9.17, 15) is 9.90 Å². The summed E-state index contributed by atoms with van der Waals surface area (Å²) in [6.45, 7) is 1.40. The normalized spacial score (nSPS) is 16.3. The second-order valence-corrected chi connectivity index (χ2v) is 7.98. The second-order valence-electron chi connectivity index (χ2n) is 7.06. The molecule has 6 nitrogen and oxygen atoms in total. The van der Waals surface area contributed by atoms with Crippen LogP contribution in [0.4, 0.5) is 0 Å². The molecule has 1 atom stereocenters. The molecule has 1 heterocycles. The zero-order chi connectivity index (χ0) is 21.0. The Morgan fingerprint density at radius 3 is 2.14 bits per heavy atom. The Balaban J connectivity index is 2.05. The first-order valence-electron chi connectivity index (χ1n) is 9.50. The molecule has 1 aliphatic rings. The van der Waals surface area contributed by atoms with Crippen molar-refractivity contribution in [3.8, 4) is 17.2 Å². The maximum absolute atomic E-state index is 11.4. The molecule has 2 aromatic carbocycles. The first kappa shape index (κ1) is 21.5. The Morgan fingerprint density at radius 1 is 1.03 bits per heavy atom. The monoisotopic (exact) mass is 463 g/mol. The molecule has 3 rings (SSSR count). The van der Waals surface area contributed by atoms with E-state index in [4.69, 9.17) is 14.2 Å². The van der Waals surface area contributed by atoms with Crippen LogP contribution in [0.2, 0.25) is 0 Å². The number of rotatable bonds is 7. The van der Waals surface area contributed by atoms with Gasteiger partial charge in [-0.2, -0.15) is 0 Å². The first-order chi connectivity index (χ1) is 14.0. The summed E-state index contributed by atoms with van der Waals surface area (Å²) in [5.41, 5.74) is 2.12. The Hall–Kier alpha value is -2.25. The van der Waals surface area contributed by atoms with Crippen molar-refractivity contribution in [3.63, 3.8) is 0 Å². The van der Waals surface area contributed by atoms with Crippen LogP contribution in [-0.4, -0.2) is 50.4 Å². The molecule has 156 valence electrons. The predicted molar refractivity (Wildman–Crippen MR) is 114 cm³/mol. The van der Waals surface area contributed by atoms with Crippen molar-refractivity contribution < 1.29 is 24.1 Å². The molecule has 1 aliphatic heterocycles. The fourth-order valence-electron chi connectivity index (χ4n) is 3.95. The Kier molecular flexibility index (Phi) is 7.03. The fourth-order valence-corrected chi connectivity index (χ4v) is 4.37. The van der Waals surface area contributed by atoms with Gasteiger partial charge in [0.1, 0.15) is 0 Å². The summed E-state index contributed by atoms with van der Waals surface area (Å²) in [7, 11) is 4.80. The van der Waals surface area contributed by atoms with Gasteiger partial charge in [-0.25, -0.2) is 0 Å². The minimum atomic E-state index is -0.712. The number of carboxylic acid groups (broad SMARTS) is 1. The van der Waals surface area contributed by atoms with E-state index in [0.717, 1.165) is 15.6 Å². The number of methoxy groups -OCH3 is 3. The van der Waals surface area contributed by atoms with Crippen LogP contribution in [0.5, 0.6) is 17.2 Å². The number of aliphatic carboxylic acids is 1. The Morgan fingerprint density at radius 2 is 1.66 bits per heavy atom. The fraction of sp³-hybridized carbons (Fsp3) is 0.409. The van der Waals surface area contributed by atoms with Crippen molar-refractivity contribution in [3.05, 3.63) is 52.0 Å². The molecular formula is C22H26BrNO5. The lowest BCUT2D eigenvalue weighted by atomic mass is 9.91. The van der Waals surface area contributed by atoms with Crippen molar-refractivity contribution in [1.82, 2.24) is 4.90 Å². The van der Waals surface area contributed by atoms with Crippen LogP contribution in [0, 0.1) is 5.92 Å². The van der Waals surface area contributed by atoms with Gasteiger partial charge in [0.05, 0.1) is 33.3 Å². The third kappa shape index (κ3) is 4.67. The maximum Gasteiger partial charge on any atom is 0.306 e. The number of halogens is 1. The average Bonchev–Trinajstić information content (AvgIpc) is 2.73. The number of carboxylic acids is 1. The summed E-state index contributed by atoms with van der Waals surface area (Å²) in [4.78, 5) is 13.7. The number of piperidine rings is 1. The zero-order valence-electron chi connectivity index (χ0n) is 16.9. The topological polar surface area (TPSA) is 68.2 Å². The highest BCUT2D eigenvalue weighted by Crippen LogP contribution is 2.43. The van der Waals surface area contributed by atoms with Crippen molar-refractivity contribution in [1.29, 1.82) is 0 Å². The highest BCUT2D eigenvalue weighted by Gasteiger charge is 2.31. The van der Waals surface area contributed by atoms with Crippen LogP contribution >= 0.6 is 15.9 Å². The zero-order valence-corrected chi connectivity index (χ0v) is 18.4. The lowest BCUT2D eigenvalue weighted by Crippen LogP contribution is -2.39. The van der Waals surface area contributed by atoms with E-state index in [1.807, 2.05) is 24.3 Å². The Labute approximate surface area is 179 Å². The third-order valence-corrected chi connectivity index (χ3v) is 5.90. The van der Waals surface area contributed by atoms with Crippen LogP contribution in [0.1, 0.15) is 30.0 Å². The van der Waals surface area contributed by atoms with Gasteiger partial charge in [-0.05, 0) is 61.3 Å². The van der Waals surface area contributed by atoms with E-state index >= 15 is 0 Å². The number of hydrogen-bond acceptors (Lipinski definition) is 5. The van der Waals surface area contributed by atoms with Crippen LogP contribution < -0.4 is 14.2 Å². The van der Waals surface area contributed by atoms with Gasteiger partial charge >= 0.3 is 5.97 Å². The van der Waals surface area contributed by atoms with Gasteiger partial charge in [0.15, 0.2) is 11.5 Å². The highest BCUT2D eigenvalue weighted by molar-refractivity contribution is 9.10. The summed E-state index contributed by atoms with van der Waals surface area (Å²) >= 11 is 3.57. The SMILES string of the molecule is COc1cc(C(c2cccc(Br)c2)N2CCC(C(=O)O)CC2)cc(OC)c1OC. The number of nitrogens with zero attached hydrogens (tertiary/aromatic N) is 1. The summed E-state index contributed by atoms with van der Waals surface area (Å²) < 4.78 is 17.6. The van der Waals surface area contributed by atoms with Crippen LogP contribution in [0.25, 0.3) is 0 Å². The van der Waals surface area contributed by atoms with Gasteiger partial charge in [0.2, 0.25) is 5.75 Å². The van der Waals surface area contributed by atoms with Crippen molar-refractivity contribution in [2.24, 2.45) is 5.92 Å². The second kappa shape index (κ2) is 9.50. The number of likely N-dealkylation sites (tertiary alicyclic amines) is 1. The van der Waals surface area contributed by atoms with E-state index in [0.29, 0.717) is 43.2 Å². The van der Waals surface area contributed by atoms with E-state index in [2.05, 4.69) is 33.0 Å². The minimum absolute atomic E-state index is 0.0593. The lowest BCUT2D eigenvalue weighted by Gasteiger charge is -2.37. The molecule has 0 saturated carbocycles. The van der Waals surface area contributed by atoms with Gasteiger partial charge in [0, 0.05) is 4.47 Å². The lowest BCUT2D eigenvalue weighted by molar-refractivity contribution is -0.143. The largest absolute Gasteiger partial charge is 0.493 e. The standard InChI is InChI=1S/C22H26BrNO5/c1-27-18-12-16(13-19(28-2)21(18)29-3)20(15-5-4-6-17(23)11-15)24-9-7-14(8-10-24)22(25)26/h4-6,11-14,20H,7-10H2,1-3H3,(H,25,26). The Bertz CT molecular complexity index is 839. The van der Waals surface area contributed by atoms with Crippen LogP contribution in [0.15, 0.2) is 40.9 Å². The van der Waals surface area contributed by atoms with Gasteiger partial charge in [-0.15, -0.1) is 0 Å². The van der Waals surface area contributed by atoms with E-state index in [1.54, 1.807) is 21.3 Å². The molecule has 2 aromatic rings. The van der Waals surface area contributed by atoms with Crippen LogP contribution in [0.3, 0.4) is 0 Å². The molecule has 0 spiro atoms. The number of carbonyl (C=O) groups is 1. The van der Waals surface area contributed by atoms with Crippen molar-refractivity contribution in [2.45, 2.75) is 18.9 Å². The average molecular weight is 464 g/mol. The van der Waals surface area contributed by atoms with Gasteiger partial charge in [0.25, 0.3) is 0 Å². The third-order valence-electron chi connectivity index (χ3n) is 5.41. The summed E-state index contributed by atoms with van der Waals surface area (Å²) in [5.74, 6) is 0.756. The summed E-state index contributed by atoms with van der Waals surface area (Å²) in [6, 6.07) is 12.1. The molecule has 1 fully saturated rings. The number of benzene rings is 2. The van der Waals surface area contributed by atoms with Crippen molar-refractivity contribution in [2.75, 3.05) is 34.4 Å². The molecule has 29 heavy (non-hydrogen) atoms. The molecule has 0 radical (unpaired) electrons. The van der Waals surface area contributed by atoms with Crippen molar-refractivity contribution >= 4 is 21.9 Å².